The zero-order chi connectivity index (χ0) is 18.5. The van der Waals surface area contributed by atoms with Gasteiger partial charge in [-0.15, -0.1) is 0 Å². The molecule has 3 aromatic rings. The van der Waals surface area contributed by atoms with Crippen LogP contribution in [0.2, 0.25) is 0 Å². The van der Waals surface area contributed by atoms with E-state index in [4.69, 9.17) is 0 Å². The number of hydrogen-bond donors (Lipinski definition) is 2. The van der Waals surface area contributed by atoms with Gasteiger partial charge < -0.3 is 5.32 Å². The van der Waals surface area contributed by atoms with Crippen LogP contribution in [0.15, 0.2) is 90.0 Å². The number of carbonyl (C=O) groups is 1. The van der Waals surface area contributed by atoms with Gasteiger partial charge in [-0.3, -0.25) is 4.79 Å². The number of carbonyl (C=O) groups excluding carboxylic acids is 1. The molecule has 27 heavy (non-hydrogen) atoms. The van der Waals surface area contributed by atoms with Crippen LogP contribution in [0.25, 0.3) is 11.1 Å². The van der Waals surface area contributed by atoms with Crippen LogP contribution < -0.4 is 10.7 Å². The van der Waals surface area contributed by atoms with Gasteiger partial charge in [-0.1, -0.05) is 84.9 Å². The smallest absolute Gasteiger partial charge is 0.257 e. The summed E-state index contributed by atoms with van der Waals surface area (Å²) in [5.74, 6) is -0.0874. The predicted octanol–water partition coefficient (Wildman–Crippen LogP) is 3.74. The van der Waals surface area contributed by atoms with E-state index in [9.17, 15) is 4.79 Å². The Bertz CT molecular complexity index is 934. The third kappa shape index (κ3) is 4.13. The molecule has 1 heterocycles. The lowest BCUT2D eigenvalue weighted by atomic mass is 9.98. The molecule has 0 aromatic heterocycles. The number of amides is 1. The van der Waals surface area contributed by atoms with E-state index in [-0.39, 0.29) is 11.9 Å². The second-order valence-electron chi connectivity index (χ2n) is 6.60. The SMILES string of the molecule is O=C1NN=C(c2ccc(-c3ccccc3)cc2)CC1NCc1ccccc1. The van der Waals surface area contributed by atoms with Gasteiger partial charge in [0.2, 0.25) is 0 Å². The summed E-state index contributed by atoms with van der Waals surface area (Å²) in [5, 5.41) is 7.60. The fourth-order valence-corrected chi connectivity index (χ4v) is 3.20. The van der Waals surface area contributed by atoms with Crippen molar-refractivity contribution in [2.45, 2.75) is 19.0 Å². The molecule has 1 unspecified atom stereocenters. The van der Waals surface area contributed by atoms with E-state index in [1.165, 1.54) is 11.1 Å². The van der Waals surface area contributed by atoms with Gasteiger partial charge in [0.05, 0.1) is 11.8 Å². The van der Waals surface area contributed by atoms with Gasteiger partial charge >= 0.3 is 0 Å². The van der Waals surface area contributed by atoms with E-state index in [0.29, 0.717) is 13.0 Å². The highest BCUT2D eigenvalue weighted by atomic mass is 16.2. The summed E-state index contributed by atoms with van der Waals surface area (Å²) in [7, 11) is 0. The van der Waals surface area contributed by atoms with E-state index in [1.54, 1.807) is 0 Å². The molecular formula is C23H21N3O. The largest absolute Gasteiger partial charge is 0.301 e. The first-order chi connectivity index (χ1) is 13.3. The van der Waals surface area contributed by atoms with Gasteiger partial charge in [0, 0.05) is 13.0 Å². The van der Waals surface area contributed by atoms with Crippen LogP contribution >= 0.6 is 0 Å². The Kier molecular flexibility index (Phi) is 5.08. The lowest BCUT2D eigenvalue weighted by Crippen LogP contribution is -2.47. The minimum Gasteiger partial charge on any atom is -0.301 e. The van der Waals surface area contributed by atoms with Crippen LogP contribution in [0.4, 0.5) is 0 Å². The van der Waals surface area contributed by atoms with Crippen molar-refractivity contribution < 1.29 is 4.79 Å². The highest BCUT2D eigenvalue weighted by Gasteiger charge is 2.25. The van der Waals surface area contributed by atoms with E-state index in [0.717, 1.165) is 16.8 Å². The second kappa shape index (κ2) is 7.98. The minimum atomic E-state index is -0.286. The molecule has 1 aliphatic heterocycles. The summed E-state index contributed by atoms with van der Waals surface area (Å²) in [5.41, 5.74) is 8.07. The molecule has 0 fully saturated rings. The van der Waals surface area contributed by atoms with Crippen LogP contribution in [-0.4, -0.2) is 17.7 Å². The Morgan fingerprint density at radius 1 is 0.815 bits per heavy atom. The molecule has 0 radical (unpaired) electrons. The average molecular weight is 355 g/mol. The Balaban J connectivity index is 1.45. The summed E-state index contributed by atoms with van der Waals surface area (Å²) in [6.07, 6.45) is 0.573. The van der Waals surface area contributed by atoms with E-state index < -0.39 is 0 Å². The van der Waals surface area contributed by atoms with Crippen molar-refractivity contribution in [1.82, 2.24) is 10.7 Å². The third-order valence-corrected chi connectivity index (χ3v) is 4.74. The quantitative estimate of drug-likeness (QED) is 0.733. The maximum absolute atomic E-state index is 12.2. The van der Waals surface area contributed by atoms with Gasteiger partial charge in [-0.2, -0.15) is 5.10 Å². The molecule has 4 rings (SSSR count). The maximum Gasteiger partial charge on any atom is 0.257 e. The molecule has 1 amide bonds. The fourth-order valence-electron chi connectivity index (χ4n) is 3.20. The monoisotopic (exact) mass is 355 g/mol. The molecule has 3 aromatic carbocycles. The third-order valence-electron chi connectivity index (χ3n) is 4.74. The molecule has 0 spiro atoms. The molecule has 1 atom stereocenters. The molecule has 1 aliphatic rings. The summed E-state index contributed by atoms with van der Waals surface area (Å²) in [4.78, 5) is 12.2. The van der Waals surface area contributed by atoms with Crippen LogP contribution in [0.3, 0.4) is 0 Å². The number of hydrazone groups is 1. The standard InChI is InChI=1S/C23H21N3O/c27-23-22(24-16-17-7-3-1-4-8-17)15-21(25-26-23)20-13-11-19(12-14-20)18-9-5-2-6-10-18/h1-14,22,24H,15-16H2,(H,26,27). The zero-order valence-corrected chi connectivity index (χ0v) is 14.9. The predicted molar refractivity (Wildman–Crippen MR) is 108 cm³/mol. The number of rotatable bonds is 5. The average Bonchev–Trinajstić information content (AvgIpc) is 2.75. The second-order valence-corrected chi connectivity index (χ2v) is 6.60. The molecule has 0 saturated carbocycles. The lowest BCUT2D eigenvalue weighted by Gasteiger charge is -2.22. The van der Waals surface area contributed by atoms with E-state index >= 15 is 0 Å². The lowest BCUT2D eigenvalue weighted by molar-refractivity contribution is -0.123. The summed E-state index contributed by atoms with van der Waals surface area (Å²) >= 11 is 0. The normalized spacial score (nSPS) is 16.5. The molecule has 0 saturated heterocycles. The fraction of sp³-hybridized carbons (Fsp3) is 0.130. The van der Waals surface area contributed by atoms with Crippen molar-refractivity contribution >= 4 is 11.6 Å². The van der Waals surface area contributed by atoms with Crippen LogP contribution in [0.1, 0.15) is 17.5 Å². The molecule has 4 heteroatoms. The maximum atomic E-state index is 12.2. The number of hydrogen-bond acceptors (Lipinski definition) is 3. The topological polar surface area (TPSA) is 53.5 Å². The zero-order valence-electron chi connectivity index (χ0n) is 14.9. The minimum absolute atomic E-state index is 0.0874. The Labute approximate surface area is 158 Å². The highest BCUT2D eigenvalue weighted by Crippen LogP contribution is 2.20. The molecule has 0 aliphatic carbocycles. The molecule has 4 nitrogen and oxygen atoms in total. The summed E-state index contributed by atoms with van der Waals surface area (Å²) < 4.78 is 0. The van der Waals surface area contributed by atoms with Gasteiger partial charge in [0.25, 0.3) is 5.91 Å². The first-order valence-corrected chi connectivity index (χ1v) is 9.09. The first-order valence-electron chi connectivity index (χ1n) is 9.09. The van der Waals surface area contributed by atoms with Crippen molar-refractivity contribution in [1.29, 1.82) is 0 Å². The highest BCUT2D eigenvalue weighted by molar-refractivity contribution is 6.06. The van der Waals surface area contributed by atoms with Gasteiger partial charge in [-0.25, -0.2) is 5.43 Å². The molecule has 0 bridgehead atoms. The number of nitrogens with one attached hydrogen (secondary N) is 2. The Morgan fingerprint density at radius 2 is 1.41 bits per heavy atom. The number of benzene rings is 3. The van der Waals surface area contributed by atoms with Crippen LogP contribution in [0.5, 0.6) is 0 Å². The van der Waals surface area contributed by atoms with Gasteiger partial charge in [0.1, 0.15) is 0 Å². The van der Waals surface area contributed by atoms with Crippen molar-refractivity contribution in [3.05, 3.63) is 96.1 Å². The Hall–Kier alpha value is -3.24. The van der Waals surface area contributed by atoms with Crippen LogP contribution in [-0.2, 0) is 11.3 Å². The molecular weight excluding hydrogens is 334 g/mol. The molecule has 2 N–H and O–H groups in total. The van der Waals surface area contributed by atoms with Crippen molar-refractivity contribution in [3.63, 3.8) is 0 Å². The van der Waals surface area contributed by atoms with E-state index in [1.807, 2.05) is 48.5 Å². The summed E-state index contributed by atoms with van der Waals surface area (Å²) in [6.45, 7) is 0.652. The summed E-state index contributed by atoms with van der Waals surface area (Å²) in [6, 6.07) is 28.4. The van der Waals surface area contributed by atoms with Crippen molar-refractivity contribution in [3.8, 4) is 11.1 Å². The van der Waals surface area contributed by atoms with Crippen LogP contribution in [0, 0.1) is 0 Å². The van der Waals surface area contributed by atoms with Gasteiger partial charge in [-0.05, 0) is 22.3 Å². The Morgan fingerprint density at radius 3 is 2.11 bits per heavy atom. The first kappa shape index (κ1) is 17.2. The number of nitrogens with zero attached hydrogens (tertiary/aromatic N) is 1. The van der Waals surface area contributed by atoms with Crippen molar-refractivity contribution in [2.24, 2.45) is 5.10 Å². The van der Waals surface area contributed by atoms with Gasteiger partial charge in [0.15, 0.2) is 0 Å². The molecule has 134 valence electrons. The van der Waals surface area contributed by atoms with E-state index in [2.05, 4.69) is 52.2 Å². The van der Waals surface area contributed by atoms with Crippen molar-refractivity contribution in [2.75, 3.05) is 0 Å².